The average Bonchev–Trinajstić information content (AvgIpc) is 2.46. The van der Waals surface area contributed by atoms with Crippen molar-refractivity contribution in [2.45, 2.75) is 43.6 Å². The van der Waals surface area contributed by atoms with Gasteiger partial charge in [-0.2, -0.15) is 0 Å². The summed E-state index contributed by atoms with van der Waals surface area (Å²) in [4.78, 5) is 12.9. The molecular weight excluding hydrogens is 348 g/mol. The van der Waals surface area contributed by atoms with Crippen molar-refractivity contribution in [1.29, 1.82) is 0 Å². The van der Waals surface area contributed by atoms with Gasteiger partial charge in [-0.3, -0.25) is 4.79 Å². The Morgan fingerprint density at radius 3 is 2.46 bits per heavy atom. The molecule has 0 aromatic heterocycles. The molecule has 132 valence electrons. The summed E-state index contributed by atoms with van der Waals surface area (Å²) in [7, 11) is -3.14. The number of sulfonamides is 1. The molecule has 1 heterocycles. The van der Waals surface area contributed by atoms with Crippen LogP contribution in [0.15, 0.2) is 24.3 Å². The van der Waals surface area contributed by atoms with E-state index in [0.29, 0.717) is 31.0 Å². The van der Waals surface area contributed by atoms with Gasteiger partial charge >= 0.3 is 0 Å². The number of halogens is 1. The fourth-order valence-electron chi connectivity index (χ4n) is 3.62. The molecule has 0 spiro atoms. The molecule has 1 saturated carbocycles. The van der Waals surface area contributed by atoms with Gasteiger partial charge in [0.2, 0.25) is 15.9 Å². The highest BCUT2D eigenvalue weighted by molar-refractivity contribution is 7.88. The first-order valence-corrected chi connectivity index (χ1v) is 10.6. The van der Waals surface area contributed by atoms with Crippen molar-refractivity contribution in [3.05, 3.63) is 34.9 Å². The molecule has 0 atom stereocenters. The van der Waals surface area contributed by atoms with Crippen molar-refractivity contribution in [3.8, 4) is 0 Å². The zero-order valence-electron chi connectivity index (χ0n) is 13.8. The van der Waals surface area contributed by atoms with Crippen molar-refractivity contribution in [2.24, 2.45) is 0 Å². The number of piperidine rings is 1. The van der Waals surface area contributed by atoms with Crippen LogP contribution < -0.4 is 5.32 Å². The predicted octanol–water partition coefficient (Wildman–Crippen LogP) is 2.30. The van der Waals surface area contributed by atoms with Gasteiger partial charge in [0.1, 0.15) is 0 Å². The number of nitrogens with one attached hydrogen (secondary N) is 1. The Hall–Kier alpha value is -1.11. The quantitative estimate of drug-likeness (QED) is 0.884. The number of benzene rings is 1. The first kappa shape index (κ1) is 17.7. The van der Waals surface area contributed by atoms with E-state index < -0.39 is 15.4 Å². The first-order valence-electron chi connectivity index (χ1n) is 8.33. The summed E-state index contributed by atoms with van der Waals surface area (Å²) in [6.07, 6.45) is 5.25. The second-order valence-corrected chi connectivity index (χ2v) is 9.27. The number of hydrogen-bond acceptors (Lipinski definition) is 3. The van der Waals surface area contributed by atoms with Gasteiger partial charge in [0.05, 0.1) is 11.7 Å². The Labute approximate surface area is 148 Å². The highest BCUT2D eigenvalue weighted by Gasteiger charge is 2.46. The summed E-state index contributed by atoms with van der Waals surface area (Å²) < 4.78 is 24.6. The van der Waals surface area contributed by atoms with Crippen molar-refractivity contribution >= 4 is 27.5 Å². The van der Waals surface area contributed by atoms with Crippen LogP contribution in [-0.2, 0) is 20.2 Å². The summed E-state index contributed by atoms with van der Waals surface area (Å²) in [6.45, 7) is 0.932. The third-order valence-corrected chi connectivity index (χ3v) is 6.82. The van der Waals surface area contributed by atoms with Crippen LogP contribution in [0.3, 0.4) is 0 Å². The molecule has 2 fully saturated rings. The molecule has 0 unspecified atom stereocenters. The lowest BCUT2D eigenvalue weighted by atomic mass is 9.63. The van der Waals surface area contributed by atoms with Gasteiger partial charge < -0.3 is 5.32 Å². The summed E-state index contributed by atoms with van der Waals surface area (Å²) in [6, 6.07) is 7.59. The second-order valence-electron chi connectivity index (χ2n) is 6.86. The molecule has 1 saturated heterocycles. The second kappa shape index (κ2) is 6.65. The molecule has 0 radical (unpaired) electrons. The monoisotopic (exact) mass is 370 g/mol. The van der Waals surface area contributed by atoms with Crippen LogP contribution in [0.1, 0.15) is 37.7 Å². The van der Waals surface area contributed by atoms with Gasteiger partial charge in [-0.15, -0.1) is 0 Å². The Bertz CT molecular complexity index is 723. The largest absolute Gasteiger partial charge is 0.352 e. The molecule has 24 heavy (non-hydrogen) atoms. The van der Waals surface area contributed by atoms with Crippen LogP contribution in [0.25, 0.3) is 0 Å². The predicted molar refractivity (Wildman–Crippen MR) is 94.6 cm³/mol. The lowest BCUT2D eigenvalue weighted by molar-refractivity contribution is -0.130. The summed E-state index contributed by atoms with van der Waals surface area (Å²) in [5, 5.41) is 3.79. The van der Waals surface area contributed by atoms with E-state index >= 15 is 0 Å². The van der Waals surface area contributed by atoms with Gasteiger partial charge in [-0.25, -0.2) is 12.7 Å². The van der Waals surface area contributed by atoms with Gasteiger partial charge in [0, 0.05) is 24.2 Å². The maximum atomic E-state index is 12.9. The first-order chi connectivity index (χ1) is 11.3. The van der Waals surface area contributed by atoms with E-state index in [1.54, 1.807) is 0 Å². The minimum Gasteiger partial charge on any atom is -0.352 e. The molecule has 2 aliphatic rings. The number of carbonyl (C=O) groups excluding carboxylic acids is 1. The minimum atomic E-state index is -3.14. The van der Waals surface area contributed by atoms with Crippen LogP contribution >= 0.6 is 11.6 Å². The maximum absolute atomic E-state index is 12.9. The Morgan fingerprint density at radius 2 is 1.96 bits per heavy atom. The fourth-order valence-corrected chi connectivity index (χ4v) is 4.68. The van der Waals surface area contributed by atoms with E-state index in [1.165, 1.54) is 10.6 Å². The van der Waals surface area contributed by atoms with Gasteiger partial charge in [-0.1, -0.05) is 30.2 Å². The van der Waals surface area contributed by atoms with E-state index in [0.717, 1.165) is 24.8 Å². The molecule has 0 bridgehead atoms. The Kier molecular flexibility index (Phi) is 4.91. The number of nitrogens with zero attached hydrogens (tertiary/aromatic N) is 1. The van der Waals surface area contributed by atoms with Crippen molar-refractivity contribution < 1.29 is 13.2 Å². The molecule has 1 N–H and O–H groups in total. The molecular formula is C17H23ClN2O3S. The molecule has 1 amide bonds. The molecule has 1 aromatic carbocycles. The third kappa shape index (κ3) is 3.46. The summed E-state index contributed by atoms with van der Waals surface area (Å²) in [5.41, 5.74) is 0.506. The maximum Gasteiger partial charge on any atom is 0.230 e. The van der Waals surface area contributed by atoms with Crippen LogP contribution in [0, 0.1) is 0 Å². The standard InChI is InChI=1S/C17H23ClN2O3S/c1-24(22,23)20-10-6-15(7-11-20)19-16(21)17(8-3-9-17)13-4-2-5-14(18)12-13/h2,4-5,12,15H,3,6-11H2,1H3,(H,19,21). The minimum absolute atomic E-state index is 0.0344. The van der Waals surface area contributed by atoms with Crippen LogP contribution in [0.5, 0.6) is 0 Å². The molecule has 7 heteroatoms. The lowest BCUT2D eigenvalue weighted by Gasteiger charge is -2.42. The van der Waals surface area contributed by atoms with Crippen molar-refractivity contribution in [3.63, 3.8) is 0 Å². The van der Waals surface area contributed by atoms with Crippen LogP contribution in [-0.4, -0.2) is 44.0 Å². The zero-order chi connectivity index (χ0) is 17.4. The Balaban J connectivity index is 1.66. The number of hydrogen-bond donors (Lipinski definition) is 1. The van der Waals surface area contributed by atoms with Crippen molar-refractivity contribution in [1.82, 2.24) is 9.62 Å². The van der Waals surface area contributed by atoms with Gasteiger partial charge in [-0.05, 0) is 43.4 Å². The average molecular weight is 371 g/mol. The summed E-state index contributed by atoms with van der Waals surface area (Å²) in [5.74, 6) is 0.0498. The third-order valence-electron chi connectivity index (χ3n) is 5.28. The molecule has 3 rings (SSSR count). The van der Waals surface area contributed by atoms with Gasteiger partial charge in [0.15, 0.2) is 0 Å². The lowest BCUT2D eigenvalue weighted by Crippen LogP contribution is -2.54. The van der Waals surface area contributed by atoms with Crippen LogP contribution in [0.4, 0.5) is 0 Å². The smallest absolute Gasteiger partial charge is 0.230 e. The molecule has 5 nitrogen and oxygen atoms in total. The van der Waals surface area contributed by atoms with E-state index in [-0.39, 0.29) is 11.9 Å². The van der Waals surface area contributed by atoms with E-state index in [2.05, 4.69) is 5.32 Å². The van der Waals surface area contributed by atoms with Gasteiger partial charge in [0.25, 0.3) is 0 Å². The SMILES string of the molecule is CS(=O)(=O)N1CCC(NC(=O)C2(c3cccc(Cl)c3)CCC2)CC1. The van der Waals surface area contributed by atoms with Crippen LogP contribution in [0.2, 0.25) is 5.02 Å². The zero-order valence-corrected chi connectivity index (χ0v) is 15.4. The fraction of sp³-hybridized carbons (Fsp3) is 0.588. The van der Waals surface area contributed by atoms with E-state index in [4.69, 9.17) is 11.6 Å². The van der Waals surface area contributed by atoms with Crippen molar-refractivity contribution in [2.75, 3.05) is 19.3 Å². The Morgan fingerprint density at radius 1 is 1.29 bits per heavy atom. The highest BCUT2D eigenvalue weighted by atomic mass is 35.5. The van der Waals surface area contributed by atoms with E-state index in [9.17, 15) is 13.2 Å². The topological polar surface area (TPSA) is 66.5 Å². The normalized spacial score (nSPS) is 21.9. The number of amides is 1. The molecule has 1 aromatic rings. The summed E-state index contributed by atoms with van der Waals surface area (Å²) >= 11 is 6.09. The highest BCUT2D eigenvalue weighted by Crippen LogP contribution is 2.44. The number of carbonyl (C=O) groups is 1. The van der Waals surface area contributed by atoms with E-state index in [1.807, 2.05) is 24.3 Å². The number of rotatable bonds is 4. The molecule has 1 aliphatic heterocycles. The molecule has 1 aliphatic carbocycles.